The number of hydrogen-bond donors (Lipinski definition) is 2. The molecule has 0 aliphatic rings. The number of hydrogen-bond acceptors (Lipinski definition) is 6. The molecular weight excluding hydrogens is 467 g/mol. The second-order valence-corrected chi connectivity index (χ2v) is 7.19. The number of ether oxygens (including phenoxy) is 1. The molecular formula is C19H15BrF3N5O2. The van der Waals surface area contributed by atoms with Crippen molar-refractivity contribution < 1.29 is 22.3 Å². The van der Waals surface area contributed by atoms with Gasteiger partial charge >= 0.3 is 6.18 Å². The van der Waals surface area contributed by atoms with Gasteiger partial charge in [-0.2, -0.15) is 13.2 Å². The summed E-state index contributed by atoms with van der Waals surface area (Å²) in [5.41, 5.74) is 0.913. The summed E-state index contributed by atoms with van der Waals surface area (Å²) in [6, 6.07) is 9.37. The van der Waals surface area contributed by atoms with Gasteiger partial charge in [-0.15, -0.1) is 5.10 Å². The molecule has 7 nitrogen and oxygen atoms in total. The van der Waals surface area contributed by atoms with Crippen LogP contribution in [-0.4, -0.2) is 27.2 Å². The van der Waals surface area contributed by atoms with Crippen molar-refractivity contribution in [3.8, 4) is 17.3 Å². The summed E-state index contributed by atoms with van der Waals surface area (Å²) in [4.78, 5) is 0. The van der Waals surface area contributed by atoms with Crippen molar-refractivity contribution in [3.63, 3.8) is 0 Å². The standard InChI is InChI=1S/C19H15BrF3N5O2/c1-2-29-15-4-3-12(8-13(15)19(21,22)23)24-9-11-7-16-10(5-14(11)20)6-17(30-16)18-25-27-28-26-18/h3-8,24H,2,9H2,1H3,(H,25,26,27,28). The van der Waals surface area contributed by atoms with Crippen LogP contribution in [0.15, 0.2) is 45.3 Å². The van der Waals surface area contributed by atoms with Crippen LogP contribution >= 0.6 is 15.9 Å². The van der Waals surface area contributed by atoms with Crippen LogP contribution in [0.2, 0.25) is 0 Å². The van der Waals surface area contributed by atoms with Crippen LogP contribution in [0.1, 0.15) is 18.1 Å². The molecule has 0 radical (unpaired) electrons. The predicted octanol–water partition coefficient (Wildman–Crippen LogP) is 5.41. The maximum Gasteiger partial charge on any atom is 0.420 e. The molecule has 4 rings (SSSR count). The Morgan fingerprint density at radius 3 is 2.73 bits per heavy atom. The molecule has 0 amide bonds. The maximum absolute atomic E-state index is 13.3. The van der Waals surface area contributed by atoms with E-state index in [0.717, 1.165) is 21.5 Å². The Bertz CT molecular complexity index is 1180. The zero-order valence-corrected chi connectivity index (χ0v) is 17.1. The van der Waals surface area contributed by atoms with E-state index in [1.54, 1.807) is 25.1 Å². The minimum atomic E-state index is -4.51. The lowest BCUT2D eigenvalue weighted by molar-refractivity contribution is -0.138. The highest BCUT2D eigenvalue weighted by Crippen LogP contribution is 2.38. The first-order chi connectivity index (χ1) is 14.3. The summed E-state index contributed by atoms with van der Waals surface area (Å²) in [7, 11) is 0. The third-order valence-corrected chi connectivity index (χ3v) is 5.07. The second kappa shape index (κ2) is 7.98. The van der Waals surface area contributed by atoms with Gasteiger partial charge in [0.2, 0.25) is 5.82 Å². The molecule has 0 unspecified atom stereocenters. The molecule has 0 atom stereocenters. The molecule has 0 spiro atoms. The first-order valence-corrected chi connectivity index (χ1v) is 9.68. The maximum atomic E-state index is 13.3. The Labute approximate surface area is 176 Å². The average Bonchev–Trinajstić information content (AvgIpc) is 3.35. The minimum absolute atomic E-state index is 0.151. The van der Waals surface area contributed by atoms with Crippen molar-refractivity contribution in [2.45, 2.75) is 19.6 Å². The van der Waals surface area contributed by atoms with Gasteiger partial charge in [0.25, 0.3) is 0 Å². The van der Waals surface area contributed by atoms with E-state index in [9.17, 15) is 13.2 Å². The Morgan fingerprint density at radius 2 is 2.03 bits per heavy atom. The third-order valence-electron chi connectivity index (χ3n) is 4.33. The number of anilines is 1. The van der Waals surface area contributed by atoms with Gasteiger partial charge in [-0.3, -0.25) is 0 Å². The fourth-order valence-corrected chi connectivity index (χ4v) is 3.46. The second-order valence-electron chi connectivity index (χ2n) is 6.34. The van der Waals surface area contributed by atoms with Crippen LogP contribution in [0.4, 0.5) is 18.9 Å². The number of fused-ring (bicyclic) bond motifs is 1. The molecule has 156 valence electrons. The van der Waals surface area contributed by atoms with Gasteiger partial charge in [-0.25, -0.2) is 5.10 Å². The highest BCUT2D eigenvalue weighted by Gasteiger charge is 2.34. The van der Waals surface area contributed by atoms with Crippen LogP contribution in [0.25, 0.3) is 22.6 Å². The summed E-state index contributed by atoms with van der Waals surface area (Å²) >= 11 is 3.50. The van der Waals surface area contributed by atoms with E-state index < -0.39 is 11.7 Å². The van der Waals surface area contributed by atoms with Crippen molar-refractivity contribution in [2.75, 3.05) is 11.9 Å². The van der Waals surface area contributed by atoms with E-state index in [-0.39, 0.29) is 18.9 Å². The Morgan fingerprint density at radius 1 is 1.20 bits per heavy atom. The van der Waals surface area contributed by atoms with E-state index >= 15 is 0 Å². The summed E-state index contributed by atoms with van der Waals surface area (Å²) in [6.45, 7) is 2.07. The van der Waals surface area contributed by atoms with Gasteiger partial charge in [-0.1, -0.05) is 15.9 Å². The third kappa shape index (κ3) is 4.11. The Balaban J connectivity index is 1.58. The number of aromatic amines is 1. The fourth-order valence-electron chi connectivity index (χ4n) is 2.96. The fraction of sp³-hybridized carbons (Fsp3) is 0.211. The normalized spacial score (nSPS) is 11.8. The van der Waals surface area contributed by atoms with Gasteiger partial charge in [0, 0.05) is 22.1 Å². The molecule has 0 aliphatic carbocycles. The molecule has 0 fully saturated rings. The summed E-state index contributed by atoms with van der Waals surface area (Å²) < 4.78 is 51.6. The van der Waals surface area contributed by atoms with E-state index in [1.807, 2.05) is 6.07 Å². The Kier molecular flexibility index (Phi) is 5.37. The first kappa shape index (κ1) is 20.2. The quantitative estimate of drug-likeness (QED) is 0.383. The van der Waals surface area contributed by atoms with Crippen molar-refractivity contribution in [2.24, 2.45) is 0 Å². The first-order valence-electron chi connectivity index (χ1n) is 8.89. The molecule has 0 bridgehead atoms. The van der Waals surface area contributed by atoms with Crippen LogP contribution < -0.4 is 10.1 Å². The molecule has 4 aromatic rings. The van der Waals surface area contributed by atoms with Gasteiger partial charge in [0.05, 0.1) is 12.2 Å². The lowest BCUT2D eigenvalue weighted by Gasteiger charge is -2.15. The van der Waals surface area contributed by atoms with Crippen LogP contribution in [-0.2, 0) is 12.7 Å². The number of furan rings is 1. The molecule has 0 saturated heterocycles. The average molecular weight is 482 g/mol. The topological polar surface area (TPSA) is 88.9 Å². The van der Waals surface area contributed by atoms with E-state index in [1.165, 1.54) is 6.07 Å². The van der Waals surface area contributed by atoms with Crippen molar-refractivity contribution in [1.82, 2.24) is 20.6 Å². The number of alkyl halides is 3. The highest BCUT2D eigenvalue weighted by atomic mass is 79.9. The van der Waals surface area contributed by atoms with Gasteiger partial charge < -0.3 is 14.5 Å². The molecule has 2 aromatic heterocycles. The summed E-state index contributed by atoms with van der Waals surface area (Å²) in [6.07, 6.45) is -4.51. The van der Waals surface area contributed by atoms with Gasteiger partial charge in [0.1, 0.15) is 11.3 Å². The lowest BCUT2D eigenvalue weighted by atomic mass is 10.1. The number of tetrazole rings is 1. The number of rotatable bonds is 6. The molecule has 11 heteroatoms. The number of nitrogens with zero attached hydrogens (tertiary/aromatic N) is 3. The van der Waals surface area contributed by atoms with Crippen LogP contribution in [0, 0.1) is 0 Å². The SMILES string of the molecule is CCOc1ccc(NCc2cc3oc(-c4nnn[nH]4)cc3cc2Br)cc1C(F)(F)F. The largest absolute Gasteiger partial charge is 0.493 e. The minimum Gasteiger partial charge on any atom is -0.493 e. The predicted molar refractivity (Wildman–Crippen MR) is 107 cm³/mol. The van der Waals surface area contributed by atoms with Gasteiger partial charge in [-0.05, 0) is 59.3 Å². The highest BCUT2D eigenvalue weighted by molar-refractivity contribution is 9.10. The molecule has 0 saturated carbocycles. The molecule has 2 aromatic carbocycles. The van der Waals surface area contributed by atoms with E-state index in [4.69, 9.17) is 9.15 Å². The molecule has 0 aliphatic heterocycles. The van der Waals surface area contributed by atoms with Crippen molar-refractivity contribution in [1.29, 1.82) is 0 Å². The molecule has 2 N–H and O–H groups in total. The van der Waals surface area contributed by atoms with Crippen molar-refractivity contribution >= 4 is 32.6 Å². The molecule has 30 heavy (non-hydrogen) atoms. The number of H-pyrrole nitrogens is 1. The van der Waals surface area contributed by atoms with Crippen LogP contribution in [0.3, 0.4) is 0 Å². The zero-order valence-electron chi connectivity index (χ0n) is 15.5. The number of benzene rings is 2. The number of nitrogens with one attached hydrogen (secondary N) is 2. The smallest absolute Gasteiger partial charge is 0.420 e. The summed E-state index contributed by atoms with van der Waals surface area (Å²) in [5.74, 6) is 0.688. The zero-order chi connectivity index (χ0) is 21.3. The number of halogens is 4. The molecule has 2 heterocycles. The number of aromatic nitrogens is 4. The van der Waals surface area contributed by atoms with E-state index in [2.05, 4.69) is 41.9 Å². The van der Waals surface area contributed by atoms with E-state index in [0.29, 0.717) is 22.9 Å². The monoisotopic (exact) mass is 481 g/mol. The van der Waals surface area contributed by atoms with Gasteiger partial charge in [0.15, 0.2) is 5.76 Å². The van der Waals surface area contributed by atoms with Crippen LogP contribution in [0.5, 0.6) is 5.75 Å². The lowest BCUT2D eigenvalue weighted by Crippen LogP contribution is -2.10. The Hall–Kier alpha value is -3.08. The summed E-state index contributed by atoms with van der Waals surface area (Å²) in [5, 5.41) is 17.3. The van der Waals surface area contributed by atoms with Crippen molar-refractivity contribution in [3.05, 3.63) is 52.0 Å².